The quantitative estimate of drug-likeness (QED) is 0.655. The zero-order valence-corrected chi connectivity index (χ0v) is 10.4. The van der Waals surface area contributed by atoms with Crippen LogP contribution >= 0.6 is 0 Å². The molecule has 92 valence electrons. The molecular weight excluding hydrogens is 226 g/mol. The van der Waals surface area contributed by atoms with Crippen molar-refractivity contribution in [3.8, 4) is 0 Å². The van der Waals surface area contributed by atoms with Crippen LogP contribution in [0.2, 0.25) is 0 Å². The number of nitrogens with zero attached hydrogens (tertiary/aromatic N) is 3. The first-order valence-electron chi connectivity index (χ1n) is 5.83. The van der Waals surface area contributed by atoms with E-state index in [-0.39, 0.29) is 0 Å². The van der Waals surface area contributed by atoms with E-state index in [9.17, 15) is 0 Å². The average molecular weight is 241 g/mol. The first-order chi connectivity index (χ1) is 8.79. The van der Waals surface area contributed by atoms with Crippen molar-refractivity contribution in [2.75, 3.05) is 0 Å². The maximum Gasteiger partial charge on any atom is 0.167 e. The molecule has 0 fully saturated rings. The Morgan fingerprint density at radius 3 is 2.11 bits per heavy atom. The molecule has 0 saturated heterocycles. The molecule has 3 aromatic rings. The molecule has 2 aromatic heterocycles. The van der Waals surface area contributed by atoms with Crippen molar-refractivity contribution in [3.63, 3.8) is 0 Å². The van der Waals surface area contributed by atoms with E-state index in [0.717, 1.165) is 16.7 Å². The normalized spacial score (nSPS) is 10.2. The molecule has 3 rings (SSSR count). The maximum atomic E-state index is 5.16. The third-order valence-corrected chi connectivity index (χ3v) is 2.43. The number of hydrogen-bond acceptors (Lipinski definition) is 4. The number of aromatic nitrogens is 3. The summed E-state index contributed by atoms with van der Waals surface area (Å²) >= 11 is 0. The number of hydrogen-bond donors (Lipinski definition) is 0. The van der Waals surface area contributed by atoms with E-state index >= 15 is 0 Å². The molecule has 0 aliphatic rings. The Morgan fingerprint density at radius 2 is 1.56 bits per heavy atom. The van der Waals surface area contributed by atoms with Crippen LogP contribution < -0.4 is 0 Å². The fraction of sp³-hybridized carbons (Fsp3) is 0.214. The van der Waals surface area contributed by atoms with Crippen molar-refractivity contribution in [1.29, 1.82) is 0 Å². The lowest BCUT2D eigenvalue weighted by Gasteiger charge is -1.96. The van der Waals surface area contributed by atoms with E-state index < -0.39 is 0 Å². The Balaban J connectivity index is 0.000000169. The lowest BCUT2D eigenvalue weighted by Crippen LogP contribution is -1.86. The Kier molecular flexibility index (Phi) is 4.02. The molecule has 2 heterocycles. The molecule has 0 saturated carbocycles. The van der Waals surface area contributed by atoms with Gasteiger partial charge in [-0.25, -0.2) is 0 Å². The van der Waals surface area contributed by atoms with Crippen LogP contribution in [-0.4, -0.2) is 15.1 Å². The molecule has 0 aliphatic carbocycles. The standard InChI is InChI=1S/C10H11NO.C4H4N2/c1-7(2)10-8-5-3-4-6-9(8)12-11-10;1-2-6-4-3-5-1/h3-7H,1-2H3;1-4H. The Bertz CT molecular complexity index is 563. The highest BCUT2D eigenvalue weighted by molar-refractivity contribution is 5.79. The van der Waals surface area contributed by atoms with Crippen molar-refractivity contribution < 1.29 is 4.52 Å². The Labute approximate surface area is 106 Å². The fourth-order valence-electron chi connectivity index (χ4n) is 1.58. The predicted molar refractivity (Wildman–Crippen MR) is 70.1 cm³/mol. The van der Waals surface area contributed by atoms with Gasteiger partial charge in [-0.3, -0.25) is 9.97 Å². The van der Waals surface area contributed by atoms with Gasteiger partial charge in [0.05, 0.1) is 5.69 Å². The van der Waals surface area contributed by atoms with Crippen LogP contribution in [-0.2, 0) is 0 Å². The summed E-state index contributed by atoms with van der Waals surface area (Å²) in [4.78, 5) is 7.44. The maximum absolute atomic E-state index is 5.16. The van der Waals surface area contributed by atoms with Crippen LogP contribution in [0.5, 0.6) is 0 Å². The highest BCUT2D eigenvalue weighted by Gasteiger charge is 2.09. The second kappa shape index (κ2) is 5.91. The first-order valence-corrected chi connectivity index (χ1v) is 5.83. The lowest BCUT2D eigenvalue weighted by atomic mass is 10.1. The zero-order chi connectivity index (χ0) is 12.8. The van der Waals surface area contributed by atoms with Gasteiger partial charge in [0.25, 0.3) is 0 Å². The van der Waals surface area contributed by atoms with E-state index in [1.807, 2.05) is 24.3 Å². The minimum Gasteiger partial charge on any atom is -0.356 e. The van der Waals surface area contributed by atoms with Crippen molar-refractivity contribution in [2.24, 2.45) is 0 Å². The van der Waals surface area contributed by atoms with Gasteiger partial charge in [-0.1, -0.05) is 31.1 Å². The summed E-state index contributed by atoms with van der Waals surface area (Å²) in [6, 6.07) is 7.94. The summed E-state index contributed by atoms with van der Waals surface area (Å²) < 4.78 is 5.16. The van der Waals surface area contributed by atoms with E-state index in [1.165, 1.54) is 0 Å². The van der Waals surface area contributed by atoms with Crippen molar-refractivity contribution in [2.45, 2.75) is 19.8 Å². The molecule has 0 N–H and O–H groups in total. The van der Waals surface area contributed by atoms with Crippen LogP contribution in [0.1, 0.15) is 25.5 Å². The van der Waals surface area contributed by atoms with Crippen LogP contribution in [0, 0.1) is 0 Å². The molecule has 0 aliphatic heterocycles. The van der Waals surface area contributed by atoms with Crippen molar-refractivity contribution in [1.82, 2.24) is 15.1 Å². The zero-order valence-electron chi connectivity index (χ0n) is 10.4. The lowest BCUT2D eigenvalue weighted by molar-refractivity contribution is 0.441. The molecule has 18 heavy (non-hydrogen) atoms. The molecule has 0 amide bonds. The topological polar surface area (TPSA) is 51.8 Å². The van der Waals surface area contributed by atoms with E-state index in [4.69, 9.17) is 4.52 Å². The second-order valence-corrected chi connectivity index (χ2v) is 4.11. The SMILES string of the molecule is CC(C)c1noc2ccccc12.c1cnccn1. The average Bonchev–Trinajstić information content (AvgIpc) is 2.85. The van der Waals surface area contributed by atoms with Gasteiger partial charge in [0, 0.05) is 30.2 Å². The predicted octanol–water partition coefficient (Wildman–Crippen LogP) is 3.43. The van der Waals surface area contributed by atoms with Crippen LogP contribution in [0.4, 0.5) is 0 Å². The van der Waals surface area contributed by atoms with Gasteiger partial charge in [0.2, 0.25) is 0 Å². The summed E-state index contributed by atoms with van der Waals surface area (Å²) in [5, 5.41) is 5.15. The molecule has 0 bridgehead atoms. The van der Waals surface area contributed by atoms with E-state index in [2.05, 4.69) is 29.0 Å². The molecular formula is C14H15N3O. The molecule has 0 unspecified atom stereocenters. The van der Waals surface area contributed by atoms with Crippen LogP contribution in [0.25, 0.3) is 11.0 Å². The molecule has 1 aromatic carbocycles. The number of para-hydroxylation sites is 1. The summed E-state index contributed by atoms with van der Waals surface area (Å²) in [6.07, 6.45) is 6.56. The smallest absolute Gasteiger partial charge is 0.167 e. The van der Waals surface area contributed by atoms with Crippen LogP contribution in [0.3, 0.4) is 0 Å². The molecule has 0 atom stereocenters. The fourth-order valence-corrected chi connectivity index (χ4v) is 1.58. The van der Waals surface area contributed by atoms with E-state index in [0.29, 0.717) is 5.92 Å². The van der Waals surface area contributed by atoms with Crippen molar-refractivity contribution in [3.05, 3.63) is 54.7 Å². The third-order valence-electron chi connectivity index (χ3n) is 2.43. The van der Waals surface area contributed by atoms with Crippen LogP contribution in [0.15, 0.2) is 53.6 Å². The van der Waals surface area contributed by atoms with Gasteiger partial charge < -0.3 is 4.52 Å². The summed E-state index contributed by atoms with van der Waals surface area (Å²) in [5.41, 5.74) is 1.92. The van der Waals surface area contributed by atoms with Gasteiger partial charge in [-0.15, -0.1) is 0 Å². The molecule has 4 nitrogen and oxygen atoms in total. The number of fused-ring (bicyclic) bond motifs is 1. The van der Waals surface area contributed by atoms with Gasteiger partial charge in [0.1, 0.15) is 0 Å². The Morgan fingerprint density at radius 1 is 0.944 bits per heavy atom. The van der Waals surface area contributed by atoms with Crippen molar-refractivity contribution >= 4 is 11.0 Å². The summed E-state index contributed by atoms with van der Waals surface area (Å²) in [6.45, 7) is 4.23. The van der Waals surface area contributed by atoms with Gasteiger partial charge in [0.15, 0.2) is 5.58 Å². The third kappa shape index (κ3) is 2.91. The largest absolute Gasteiger partial charge is 0.356 e. The highest BCUT2D eigenvalue weighted by Crippen LogP contribution is 2.23. The number of rotatable bonds is 1. The molecule has 0 spiro atoms. The minimum atomic E-state index is 0.425. The molecule has 4 heteroatoms. The van der Waals surface area contributed by atoms with Gasteiger partial charge in [-0.2, -0.15) is 0 Å². The highest BCUT2D eigenvalue weighted by atomic mass is 16.5. The second-order valence-electron chi connectivity index (χ2n) is 4.11. The monoisotopic (exact) mass is 241 g/mol. The van der Waals surface area contributed by atoms with Gasteiger partial charge in [-0.05, 0) is 18.1 Å². The molecule has 0 radical (unpaired) electrons. The van der Waals surface area contributed by atoms with Gasteiger partial charge >= 0.3 is 0 Å². The minimum absolute atomic E-state index is 0.425. The Hall–Kier alpha value is -2.23. The summed E-state index contributed by atoms with van der Waals surface area (Å²) in [7, 11) is 0. The first kappa shape index (κ1) is 12.2. The summed E-state index contributed by atoms with van der Waals surface area (Å²) in [5.74, 6) is 0.425. The number of benzene rings is 1. The van der Waals surface area contributed by atoms with E-state index in [1.54, 1.807) is 24.8 Å².